The van der Waals surface area contributed by atoms with Gasteiger partial charge in [0.2, 0.25) is 11.8 Å². The fraction of sp³-hybridized carbons (Fsp3) is 0.659. The Morgan fingerprint density at radius 1 is 0.492 bits per heavy atom. The summed E-state index contributed by atoms with van der Waals surface area (Å²) in [6.07, 6.45) is 2.85. The van der Waals surface area contributed by atoms with Gasteiger partial charge in [0.15, 0.2) is 0 Å². The number of urea groups is 1. The molecule has 0 aliphatic heterocycles. The van der Waals surface area contributed by atoms with Gasteiger partial charge >= 0.3 is 23.9 Å². The smallest absolute Gasteiger partial charge is 0.326 e. The van der Waals surface area contributed by atoms with Crippen LogP contribution in [-0.4, -0.2) is 167 Å². The fourth-order valence-electron chi connectivity index (χ4n) is 5.44. The van der Waals surface area contributed by atoms with Crippen molar-refractivity contribution in [1.29, 1.82) is 0 Å². The average Bonchev–Trinajstić information content (AvgIpc) is 3.25. The number of carboxylic acids is 3. The predicted molar refractivity (Wildman–Crippen MR) is 227 cm³/mol. The number of rotatable bonds is 39. The number of unbranched alkanes of at least 4 members (excludes halogenated alkanes) is 4. The number of benzene rings is 1. The molecule has 0 heterocycles. The highest BCUT2D eigenvalue weighted by molar-refractivity contribution is 5.97. The minimum absolute atomic E-state index is 0.0866. The molecule has 22 heteroatoms. The summed E-state index contributed by atoms with van der Waals surface area (Å²) in [6.45, 7) is 8.23. The highest BCUT2D eigenvalue weighted by Gasteiger charge is 2.25. The molecule has 2 atom stereocenters. The number of carboxylic acid groups (broad SMARTS) is 3. The summed E-state index contributed by atoms with van der Waals surface area (Å²) in [5.41, 5.74) is 0.843. The molecular formula is C41H67N7O15. The van der Waals surface area contributed by atoms with Crippen LogP contribution < -0.4 is 37.2 Å². The zero-order valence-electron chi connectivity index (χ0n) is 36.2. The van der Waals surface area contributed by atoms with Gasteiger partial charge in [-0.1, -0.05) is 26.2 Å². The molecular weight excluding hydrogens is 830 g/mol. The Hall–Kier alpha value is -5.42. The Morgan fingerprint density at radius 2 is 0.905 bits per heavy atom. The van der Waals surface area contributed by atoms with Gasteiger partial charge in [0.1, 0.15) is 12.1 Å². The Kier molecular flexibility index (Phi) is 31.9. The van der Waals surface area contributed by atoms with E-state index in [4.69, 9.17) is 29.2 Å². The molecule has 0 aliphatic carbocycles. The van der Waals surface area contributed by atoms with Crippen molar-refractivity contribution in [2.75, 3.05) is 92.1 Å². The monoisotopic (exact) mass is 897 g/mol. The van der Waals surface area contributed by atoms with Crippen molar-refractivity contribution in [3.8, 4) is 0 Å². The average molecular weight is 898 g/mol. The van der Waals surface area contributed by atoms with Gasteiger partial charge in [-0.25, -0.2) is 14.4 Å². The molecule has 0 radical (unpaired) electrons. The molecule has 0 aromatic heterocycles. The normalized spacial score (nSPS) is 11.8. The lowest BCUT2D eigenvalue weighted by atomic mass is 10.1. The van der Waals surface area contributed by atoms with E-state index in [9.17, 15) is 43.5 Å². The van der Waals surface area contributed by atoms with Gasteiger partial charge in [-0.15, -0.1) is 0 Å². The maximum atomic E-state index is 12.4. The van der Waals surface area contributed by atoms with Crippen molar-refractivity contribution < 1.29 is 72.6 Å². The van der Waals surface area contributed by atoms with E-state index < -0.39 is 54.8 Å². The van der Waals surface area contributed by atoms with Crippen LogP contribution in [0.4, 0.5) is 4.79 Å². The van der Waals surface area contributed by atoms with E-state index in [1.54, 1.807) is 24.3 Å². The zero-order chi connectivity index (χ0) is 46.5. The topological polar surface area (TPSA) is 318 Å². The van der Waals surface area contributed by atoms with Gasteiger partial charge in [0, 0.05) is 63.1 Å². The number of ether oxygens (including phenoxy) is 4. The predicted octanol–water partition coefficient (Wildman–Crippen LogP) is 0.246. The second-order valence-electron chi connectivity index (χ2n) is 14.0. The molecule has 22 nitrogen and oxygen atoms in total. The van der Waals surface area contributed by atoms with Crippen LogP contribution in [-0.2, 0) is 42.9 Å². The molecule has 0 saturated carbocycles. The maximum absolute atomic E-state index is 12.4. The van der Waals surface area contributed by atoms with Gasteiger partial charge in [-0.3, -0.25) is 24.0 Å². The van der Waals surface area contributed by atoms with Crippen LogP contribution in [0.15, 0.2) is 24.3 Å². The molecule has 0 saturated heterocycles. The minimum Gasteiger partial charge on any atom is -0.481 e. The lowest BCUT2D eigenvalue weighted by molar-refractivity contribution is -0.141. The summed E-state index contributed by atoms with van der Waals surface area (Å²) in [4.78, 5) is 94.6. The van der Waals surface area contributed by atoms with Crippen LogP contribution in [0.3, 0.4) is 0 Å². The Morgan fingerprint density at radius 3 is 1.38 bits per heavy atom. The number of amides is 6. The second kappa shape index (κ2) is 36.1. The van der Waals surface area contributed by atoms with E-state index in [1.165, 1.54) is 0 Å². The maximum Gasteiger partial charge on any atom is 0.326 e. The lowest BCUT2D eigenvalue weighted by Gasteiger charge is -2.18. The third-order valence-corrected chi connectivity index (χ3v) is 8.88. The zero-order valence-corrected chi connectivity index (χ0v) is 36.2. The highest BCUT2D eigenvalue weighted by Crippen LogP contribution is 2.07. The second-order valence-corrected chi connectivity index (χ2v) is 14.0. The summed E-state index contributed by atoms with van der Waals surface area (Å²) in [5.74, 6) is -5.21. The summed E-state index contributed by atoms with van der Waals surface area (Å²) in [6, 6.07) is 2.22. The highest BCUT2D eigenvalue weighted by atomic mass is 16.5. The van der Waals surface area contributed by atoms with Gasteiger partial charge < -0.3 is 71.5 Å². The number of aliphatic carboxylic acids is 3. The summed E-state index contributed by atoms with van der Waals surface area (Å²) < 4.78 is 21.8. The van der Waals surface area contributed by atoms with Crippen LogP contribution in [0.1, 0.15) is 91.8 Å². The number of hydrogen-bond acceptors (Lipinski definition) is 13. The largest absolute Gasteiger partial charge is 0.481 e. The number of carbonyl (C=O) groups excluding carboxylic acids is 5. The van der Waals surface area contributed by atoms with Gasteiger partial charge in [0.25, 0.3) is 11.8 Å². The van der Waals surface area contributed by atoms with Gasteiger partial charge in [-0.2, -0.15) is 0 Å². The molecule has 0 unspecified atom stereocenters. The summed E-state index contributed by atoms with van der Waals surface area (Å²) in [7, 11) is 0. The quantitative estimate of drug-likeness (QED) is 0.0396. The molecule has 0 aliphatic rings. The molecule has 1 rings (SSSR count). The molecule has 0 bridgehead atoms. The first-order valence-electron chi connectivity index (χ1n) is 21.3. The minimum atomic E-state index is -1.53. The van der Waals surface area contributed by atoms with Crippen molar-refractivity contribution in [2.45, 2.75) is 83.2 Å². The van der Waals surface area contributed by atoms with Gasteiger partial charge in [0.05, 0.1) is 52.9 Å². The van der Waals surface area contributed by atoms with E-state index in [-0.39, 0.29) is 43.7 Å². The third-order valence-electron chi connectivity index (χ3n) is 8.88. The molecule has 10 N–H and O–H groups in total. The number of carbonyl (C=O) groups is 8. The SMILES string of the molecule is CCNCCOCCOCCNC(=O)c1ccc(C(=O)NCCOCCOCCNC(=O)CCCCCCCNC(=O)CC[C@H](NC(=O)N[C@@H](CCC(=O)O)C(=O)O)C(=O)O)cc1. The van der Waals surface area contributed by atoms with Crippen LogP contribution in [0.25, 0.3) is 0 Å². The molecule has 356 valence electrons. The van der Waals surface area contributed by atoms with E-state index in [0.717, 1.165) is 32.4 Å². The van der Waals surface area contributed by atoms with Gasteiger partial charge in [-0.05, 0) is 56.5 Å². The van der Waals surface area contributed by atoms with Crippen LogP contribution in [0, 0.1) is 0 Å². The summed E-state index contributed by atoms with van der Waals surface area (Å²) >= 11 is 0. The molecule has 63 heavy (non-hydrogen) atoms. The first-order valence-corrected chi connectivity index (χ1v) is 21.3. The first kappa shape index (κ1) is 55.6. The van der Waals surface area contributed by atoms with E-state index >= 15 is 0 Å². The fourth-order valence-corrected chi connectivity index (χ4v) is 5.44. The molecule has 6 amide bonds. The van der Waals surface area contributed by atoms with Crippen LogP contribution in [0.2, 0.25) is 0 Å². The van der Waals surface area contributed by atoms with Crippen molar-refractivity contribution in [3.63, 3.8) is 0 Å². The molecule has 0 spiro atoms. The first-order chi connectivity index (χ1) is 30.3. The van der Waals surface area contributed by atoms with Crippen molar-refractivity contribution in [3.05, 3.63) is 35.4 Å². The van der Waals surface area contributed by atoms with Crippen LogP contribution in [0.5, 0.6) is 0 Å². The number of likely N-dealkylation sites (N-methyl/N-ethyl adjacent to an activating group) is 1. The Labute approximate surface area is 367 Å². The summed E-state index contributed by atoms with van der Waals surface area (Å²) in [5, 5.41) is 45.5. The van der Waals surface area contributed by atoms with Crippen molar-refractivity contribution in [1.82, 2.24) is 37.2 Å². The van der Waals surface area contributed by atoms with E-state index in [1.807, 2.05) is 12.2 Å². The molecule has 1 aromatic rings. The lowest BCUT2D eigenvalue weighted by Crippen LogP contribution is -2.51. The Bertz CT molecular complexity index is 1520. The third kappa shape index (κ3) is 30.3. The Balaban J connectivity index is 2.01. The van der Waals surface area contributed by atoms with Crippen molar-refractivity contribution >= 4 is 47.6 Å². The molecule has 0 fully saturated rings. The van der Waals surface area contributed by atoms with Crippen molar-refractivity contribution in [2.24, 2.45) is 0 Å². The van der Waals surface area contributed by atoms with E-state index in [0.29, 0.717) is 96.3 Å². The molecule has 1 aromatic carbocycles. The number of hydrogen-bond donors (Lipinski definition) is 10. The van der Waals surface area contributed by atoms with Crippen LogP contribution >= 0.6 is 0 Å². The van der Waals surface area contributed by atoms with E-state index in [2.05, 4.69) is 31.9 Å². The number of nitrogens with one attached hydrogen (secondary N) is 7. The standard InChI is InChI=1S/C41H67N7O15/c1-2-42-18-22-60-26-27-62-24-20-45-37(53)30-9-11-31(12-10-30)38(54)46-21-25-63-29-28-61-23-19-44-34(49)8-6-4-3-5-7-17-43-35(50)15-13-32(39(55)56)47-41(59)48-33(40(57)58)14-16-36(51)52/h9-12,32-33,42H,2-8,13-29H2,1H3,(H,43,50)(H,44,49)(H,45,53)(H,46,54)(H,51,52)(H,55,56)(H,57,58)(H2,47,48,59)/t32-,33-/m0/s1.